The molecular weight excluding hydrogens is 288 g/mol. The SMILES string of the molecule is O=c1oc(=O)n(Cc2cccc([N+](=O)[O-])c2)c2ccccc12. The van der Waals surface area contributed by atoms with Crippen molar-refractivity contribution in [2.24, 2.45) is 0 Å². The largest absolute Gasteiger partial charge is 0.422 e. The van der Waals surface area contributed by atoms with E-state index < -0.39 is 16.3 Å². The number of nitrogens with zero attached hydrogens (tertiary/aromatic N) is 2. The summed E-state index contributed by atoms with van der Waals surface area (Å²) in [5.74, 6) is -0.796. The summed E-state index contributed by atoms with van der Waals surface area (Å²) >= 11 is 0. The van der Waals surface area contributed by atoms with Crippen molar-refractivity contribution in [3.63, 3.8) is 0 Å². The zero-order valence-corrected chi connectivity index (χ0v) is 11.3. The number of hydrogen-bond donors (Lipinski definition) is 0. The average Bonchev–Trinajstić information content (AvgIpc) is 2.52. The van der Waals surface area contributed by atoms with Gasteiger partial charge < -0.3 is 4.42 Å². The van der Waals surface area contributed by atoms with Gasteiger partial charge in [0.15, 0.2) is 0 Å². The first kappa shape index (κ1) is 13.7. The van der Waals surface area contributed by atoms with Crippen LogP contribution < -0.4 is 11.4 Å². The van der Waals surface area contributed by atoms with Gasteiger partial charge in [0.25, 0.3) is 5.69 Å². The van der Waals surface area contributed by atoms with E-state index in [9.17, 15) is 19.7 Å². The Morgan fingerprint density at radius 1 is 1.09 bits per heavy atom. The van der Waals surface area contributed by atoms with Crippen molar-refractivity contribution < 1.29 is 9.34 Å². The first-order valence-corrected chi connectivity index (χ1v) is 6.42. The molecule has 0 atom stereocenters. The predicted molar refractivity (Wildman–Crippen MR) is 78.9 cm³/mol. The van der Waals surface area contributed by atoms with Crippen LogP contribution in [-0.4, -0.2) is 9.49 Å². The maximum absolute atomic E-state index is 11.9. The maximum Gasteiger partial charge on any atom is 0.422 e. The highest BCUT2D eigenvalue weighted by Gasteiger charge is 2.11. The van der Waals surface area contributed by atoms with Crippen LogP contribution in [0.1, 0.15) is 5.56 Å². The zero-order valence-electron chi connectivity index (χ0n) is 11.3. The number of non-ortho nitro benzene ring substituents is 1. The van der Waals surface area contributed by atoms with E-state index in [0.717, 1.165) is 0 Å². The molecule has 0 saturated carbocycles. The lowest BCUT2D eigenvalue weighted by molar-refractivity contribution is -0.384. The Bertz CT molecular complexity index is 987. The lowest BCUT2D eigenvalue weighted by atomic mass is 10.2. The van der Waals surface area contributed by atoms with Gasteiger partial charge in [-0.05, 0) is 17.7 Å². The number of nitro groups is 1. The van der Waals surface area contributed by atoms with Crippen LogP contribution in [0, 0.1) is 10.1 Å². The zero-order chi connectivity index (χ0) is 15.7. The fourth-order valence-corrected chi connectivity index (χ4v) is 2.27. The second-order valence-electron chi connectivity index (χ2n) is 4.69. The Morgan fingerprint density at radius 3 is 2.64 bits per heavy atom. The van der Waals surface area contributed by atoms with Gasteiger partial charge in [0, 0.05) is 12.1 Å². The lowest BCUT2D eigenvalue weighted by Gasteiger charge is -2.08. The Morgan fingerprint density at radius 2 is 1.86 bits per heavy atom. The van der Waals surface area contributed by atoms with Crippen molar-refractivity contribution in [3.05, 3.63) is 85.2 Å². The second kappa shape index (κ2) is 5.28. The fraction of sp³-hybridized carbons (Fsp3) is 0.0667. The Hall–Kier alpha value is -3.22. The van der Waals surface area contributed by atoms with E-state index in [0.29, 0.717) is 11.1 Å². The first-order valence-electron chi connectivity index (χ1n) is 6.42. The minimum absolute atomic E-state index is 0.0627. The molecule has 1 aromatic heterocycles. The summed E-state index contributed by atoms with van der Waals surface area (Å²) in [5.41, 5.74) is 0.230. The molecule has 1 heterocycles. The van der Waals surface area contributed by atoms with Crippen molar-refractivity contribution in [2.75, 3.05) is 0 Å². The molecule has 0 aliphatic carbocycles. The summed E-state index contributed by atoms with van der Waals surface area (Å²) in [6.45, 7) is 0.0742. The number of aromatic nitrogens is 1. The van der Waals surface area contributed by atoms with Crippen LogP contribution in [0.3, 0.4) is 0 Å². The average molecular weight is 298 g/mol. The molecular formula is C15H10N2O5. The number of fused-ring (bicyclic) bond motifs is 1. The van der Waals surface area contributed by atoms with Gasteiger partial charge in [-0.15, -0.1) is 0 Å². The minimum Gasteiger partial charge on any atom is -0.372 e. The van der Waals surface area contributed by atoms with Gasteiger partial charge >= 0.3 is 11.4 Å². The van der Waals surface area contributed by atoms with Crippen LogP contribution in [0.2, 0.25) is 0 Å². The monoisotopic (exact) mass is 298 g/mol. The number of para-hydroxylation sites is 1. The van der Waals surface area contributed by atoms with E-state index in [4.69, 9.17) is 0 Å². The summed E-state index contributed by atoms with van der Waals surface area (Å²) < 4.78 is 5.96. The molecule has 7 nitrogen and oxygen atoms in total. The number of benzene rings is 2. The fourth-order valence-electron chi connectivity index (χ4n) is 2.27. The van der Waals surface area contributed by atoms with Crippen molar-refractivity contribution in [1.82, 2.24) is 4.57 Å². The topological polar surface area (TPSA) is 95.3 Å². The van der Waals surface area contributed by atoms with Gasteiger partial charge in [-0.3, -0.25) is 14.7 Å². The molecule has 0 aliphatic heterocycles. The normalized spacial score (nSPS) is 10.7. The van der Waals surface area contributed by atoms with E-state index in [1.54, 1.807) is 36.4 Å². The van der Waals surface area contributed by atoms with Gasteiger partial charge in [0.2, 0.25) is 0 Å². The Balaban J connectivity index is 2.16. The second-order valence-corrected chi connectivity index (χ2v) is 4.69. The molecule has 110 valence electrons. The molecule has 0 aliphatic rings. The lowest BCUT2D eigenvalue weighted by Crippen LogP contribution is -2.25. The number of nitro benzene ring substituents is 1. The van der Waals surface area contributed by atoms with Crippen LogP contribution in [0.4, 0.5) is 5.69 Å². The number of hydrogen-bond acceptors (Lipinski definition) is 5. The third kappa shape index (κ3) is 2.39. The molecule has 3 rings (SSSR count). The molecule has 7 heteroatoms. The molecule has 0 amide bonds. The molecule has 22 heavy (non-hydrogen) atoms. The van der Waals surface area contributed by atoms with Crippen LogP contribution in [0.25, 0.3) is 10.9 Å². The van der Waals surface area contributed by atoms with Crippen molar-refractivity contribution in [3.8, 4) is 0 Å². The third-order valence-electron chi connectivity index (χ3n) is 3.28. The Kier molecular flexibility index (Phi) is 3.30. The van der Waals surface area contributed by atoms with Gasteiger partial charge in [0.1, 0.15) is 0 Å². The van der Waals surface area contributed by atoms with E-state index in [-0.39, 0.29) is 17.6 Å². The molecule has 0 bridgehead atoms. The summed E-state index contributed by atoms with van der Waals surface area (Å²) in [6.07, 6.45) is 0. The van der Waals surface area contributed by atoms with E-state index >= 15 is 0 Å². The summed E-state index contributed by atoms with van der Waals surface area (Å²) in [4.78, 5) is 33.9. The van der Waals surface area contributed by atoms with Crippen molar-refractivity contribution >= 4 is 16.6 Å². The molecule has 2 aromatic carbocycles. The molecule has 0 unspecified atom stereocenters. The highest BCUT2D eigenvalue weighted by atomic mass is 16.6. The predicted octanol–water partition coefficient (Wildman–Crippen LogP) is 1.91. The highest BCUT2D eigenvalue weighted by Crippen LogP contribution is 2.15. The summed E-state index contributed by atoms with van der Waals surface area (Å²) in [7, 11) is 0. The first-order chi connectivity index (χ1) is 10.6. The standard InChI is InChI=1S/C15H10N2O5/c18-14-12-6-1-2-7-13(12)16(15(19)22-14)9-10-4-3-5-11(8-10)17(20)21/h1-8H,9H2. The van der Waals surface area contributed by atoms with Crippen LogP contribution in [0.5, 0.6) is 0 Å². The molecule has 0 spiro atoms. The van der Waals surface area contributed by atoms with Gasteiger partial charge in [-0.2, -0.15) is 0 Å². The molecule has 0 radical (unpaired) electrons. The van der Waals surface area contributed by atoms with Gasteiger partial charge in [-0.1, -0.05) is 24.3 Å². The minimum atomic E-state index is -0.796. The van der Waals surface area contributed by atoms with Crippen molar-refractivity contribution in [1.29, 1.82) is 0 Å². The molecule has 3 aromatic rings. The highest BCUT2D eigenvalue weighted by molar-refractivity contribution is 5.77. The van der Waals surface area contributed by atoms with E-state index in [1.165, 1.54) is 16.7 Å². The van der Waals surface area contributed by atoms with Crippen LogP contribution in [0.15, 0.2) is 62.5 Å². The van der Waals surface area contributed by atoms with Gasteiger partial charge in [-0.25, -0.2) is 9.59 Å². The summed E-state index contributed by atoms with van der Waals surface area (Å²) in [6, 6.07) is 12.5. The third-order valence-corrected chi connectivity index (χ3v) is 3.28. The Labute approximate surface area is 123 Å². The van der Waals surface area contributed by atoms with Crippen LogP contribution >= 0.6 is 0 Å². The number of rotatable bonds is 3. The summed E-state index contributed by atoms with van der Waals surface area (Å²) in [5, 5.41) is 11.1. The molecule has 0 N–H and O–H groups in total. The molecule has 0 saturated heterocycles. The van der Waals surface area contributed by atoms with Crippen molar-refractivity contribution in [2.45, 2.75) is 6.54 Å². The maximum atomic E-state index is 11.9. The quantitative estimate of drug-likeness (QED) is 0.543. The van der Waals surface area contributed by atoms with E-state index in [2.05, 4.69) is 4.42 Å². The van der Waals surface area contributed by atoms with Crippen LogP contribution in [-0.2, 0) is 6.54 Å². The molecule has 0 fully saturated rings. The van der Waals surface area contributed by atoms with Gasteiger partial charge in [0.05, 0.1) is 22.4 Å². The smallest absolute Gasteiger partial charge is 0.372 e. The van der Waals surface area contributed by atoms with E-state index in [1.807, 2.05) is 0 Å².